The van der Waals surface area contributed by atoms with E-state index in [0.29, 0.717) is 11.6 Å². The Morgan fingerprint density at radius 3 is 2.75 bits per heavy atom. The first kappa shape index (κ1) is 15.4. The van der Waals surface area contributed by atoms with Gasteiger partial charge in [-0.2, -0.15) is 0 Å². The molecule has 0 fully saturated rings. The summed E-state index contributed by atoms with van der Waals surface area (Å²) in [5.41, 5.74) is 9.92. The van der Waals surface area contributed by atoms with Gasteiger partial charge < -0.3 is 10.5 Å². The Kier molecular flexibility index (Phi) is 5.54. The number of hydrogen-bond donors (Lipinski definition) is 1. The molecular formula is C15H19ClN2OS. The fourth-order valence-electron chi connectivity index (χ4n) is 2.08. The summed E-state index contributed by atoms with van der Waals surface area (Å²) in [6.07, 6.45) is 0.668. The van der Waals surface area contributed by atoms with Gasteiger partial charge in [0.05, 0.1) is 23.9 Å². The summed E-state index contributed by atoms with van der Waals surface area (Å²) in [5.74, 6) is 0. The number of ether oxygens (including phenoxy) is 1. The number of rotatable bonds is 6. The largest absolute Gasteiger partial charge is 0.371 e. The van der Waals surface area contributed by atoms with E-state index < -0.39 is 0 Å². The Balaban J connectivity index is 2.00. The Hall–Kier alpha value is -0.940. The lowest BCUT2D eigenvalue weighted by Crippen LogP contribution is -2.27. The molecule has 1 aromatic heterocycles. The summed E-state index contributed by atoms with van der Waals surface area (Å²) in [6.45, 7) is 4.56. The van der Waals surface area contributed by atoms with Crippen molar-refractivity contribution in [3.63, 3.8) is 0 Å². The van der Waals surface area contributed by atoms with E-state index in [2.05, 4.69) is 4.98 Å². The predicted octanol–water partition coefficient (Wildman–Crippen LogP) is 3.75. The molecule has 3 nitrogen and oxygen atoms in total. The van der Waals surface area contributed by atoms with Crippen LogP contribution in [0.15, 0.2) is 29.8 Å². The van der Waals surface area contributed by atoms with E-state index in [1.807, 2.05) is 43.6 Å². The van der Waals surface area contributed by atoms with Crippen molar-refractivity contribution in [3.05, 3.63) is 50.9 Å². The van der Waals surface area contributed by atoms with Crippen LogP contribution in [0.4, 0.5) is 0 Å². The van der Waals surface area contributed by atoms with Crippen LogP contribution in [0.3, 0.4) is 0 Å². The monoisotopic (exact) mass is 310 g/mol. The van der Waals surface area contributed by atoms with Crippen molar-refractivity contribution >= 4 is 22.9 Å². The maximum atomic E-state index is 6.22. The lowest BCUT2D eigenvalue weighted by atomic mass is 10.0. The van der Waals surface area contributed by atoms with Gasteiger partial charge in [-0.05, 0) is 19.9 Å². The van der Waals surface area contributed by atoms with Crippen LogP contribution in [-0.2, 0) is 11.2 Å². The molecule has 108 valence electrons. The zero-order valence-electron chi connectivity index (χ0n) is 11.7. The Labute approximate surface area is 128 Å². The van der Waals surface area contributed by atoms with Crippen molar-refractivity contribution in [2.45, 2.75) is 32.4 Å². The third-order valence-electron chi connectivity index (χ3n) is 3.16. The van der Waals surface area contributed by atoms with Gasteiger partial charge in [0.25, 0.3) is 0 Å². The highest BCUT2D eigenvalue weighted by Gasteiger charge is 2.19. The zero-order chi connectivity index (χ0) is 14.5. The number of hydrogen-bond acceptors (Lipinski definition) is 4. The van der Waals surface area contributed by atoms with Crippen LogP contribution < -0.4 is 5.73 Å². The van der Waals surface area contributed by atoms with Crippen LogP contribution in [0.5, 0.6) is 0 Å². The van der Waals surface area contributed by atoms with Crippen molar-refractivity contribution < 1.29 is 4.74 Å². The SMILES string of the molecule is Cc1ncsc1CCOC(c1ccccc1Cl)C(C)N. The minimum atomic E-state index is -0.183. The first-order valence-electron chi connectivity index (χ1n) is 6.60. The van der Waals surface area contributed by atoms with Gasteiger partial charge in [-0.1, -0.05) is 29.8 Å². The molecule has 2 aromatic rings. The second-order valence-electron chi connectivity index (χ2n) is 4.78. The van der Waals surface area contributed by atoms with Crippen LogP contribution in [0.2, 0.25) is 5.02 Å². The number of nitrogens with two attached hydrogens (primary N) is 1. The quantitative estimate of drug-likeness (QED) is 0.884. The van der Waals surface area contributed by atoms with E-state index in [0.717, 1.165) is 17.7 Å². The first-order chi connectivity index (χ1) is 9.59. The van der Waals surface area contributed by atoms with Crippen molar-refractivity contribution in [3.8, 4) is 0 Å². The molecular weight excluding hydrogens is 292 g/mol. The molecule has 0 amide bonds. The minimum Gasteiger partial charge on any atom is -0.371 e. The summed E-state index contributed by atoms with van der Waals surface area (Å²) in [6, 6.07) is 7.58. The fraction of sp³-hybridized carbons (Fsp3) is 0.400. The van der Waals surface area contributed by atoms with Crippen molar-refractivity contribution in [2.75, 3.05) is 6.61 Å². The smallest absolute Gasteiger partial charge is 0.0987 e. The standard InChI is InChI=1S/C15H19ClN2OS/c1-10(17)15(12-5-3-4-6-13(12)16)19-8-7-14-11(2)18-9-20-14/h3-6,9-10,15H,7-8,17H2,1-2H3. The van der Waals surface area contributed by atoms with E-state index in [1.54, 1.807) is 11.3 Å². The van der Waals surface area contributed by atoms with Gasteiger partial charge in [-0.3, -0.25) is 0 Å². The maximum absolute atomic E-state index is 6.22. The minimum absolute atomic E-state index is 0.113. The topological polar surface area (TPSA) is 48.1 Å². The van der Waals surface area contributed by atoms with Crippen LogP contribution in [-0.4, -0.2) is 17.6 Å². The molecule has 2 atom stereocenters. The number of benzene rings is 1. The highest BCUT2D eigenvalue weighted by molar-refractivity contribution is 7.09. The molecule has 5 heteroatoms. The van der Waals surface area contributed by atoms with E-state index in [1.165, 1.54) is 4.88 Å². The van der Waals surface area contributed by atoms with Gasteiger partial charge in [0.2, 0.25) is 0 Å². The summed E-state index contributed by atoms with van der Waals surface area (Å²) in [5, 5.41) is 0.698. The molecule has 0 aliphatic rings. The van der Waals surface area contributed by atoms with Gasteiger partial charge in [-0.15, -0.1) is 11.3 Å². The van der Waals surface area contributed by atoms with Gasteiger partial charge >= 0.3 is 0 Å². The van der Waals surface area contributed by atoms with Crippen molar-refractivity contribution in [1.82, 2.24) is 4.98 Å². The predicted molar refractivity (Wildman–Crippen MR) is 84.3 cm³/mol. The summed E-state index contributed by atoms with van der Waals surface area (Å²) in [4.78, 5) is 5.50. The summed E-state index contributed by atoms with van der Waals surface area (Å²) >= 11 is 7.88. The molecule has 1 heterocycles. The van der Waals surface area contributed by atoms with Crippen LogP contribution in [0.25, 0.3) is 0 Å². The highest BCUT2D eigenvalue weighted by Crippen LogP contribution is 2.27. The molecule has 2 rings (SSSR count). The van der Waals surface area contributed by atoms with Gasteiger partial charge in [-0.25, -0.2) is 4.98 Å². The summed E-state index contributed by atoms with van der Waals surface area (Å²) < 4.78 is 5.97. The molecule has 0 spiro atoms. The van der Waals surface area contributed by atoms with Gasteiger partial charge in [0.15, 0.2) is 0 Å². The van der Waals surface area contributed by atoms with Gasteiger partial charge in [0, 0.05) is 27.9 Å². The molecule has 0 bridgehead atoms. The number of nitrogens with zero attached hydrogens (tertiary/aromatic N) is 1. The maximum Gasteiger partial charge on any atom is 0.0987 e. The lowest BCUT2D eigenvalue weighted by Gasteiger charge is -2.22. The average Bonchev–Trinajstić information content (AvgIpc) is 2.81. The number of aromatic nitrogens is 1. The van der Waals surface area contributed by atoms with Crippen LogP contribution in [0, 0.1) is 6.92 Å². The molecule has 2 unspecified atom stereocenters. The molecule has 1 aromatic carbocycles. The molecule has 20 heavy (non-hydrogen) atoms. The van der Waals surface area contributed by atoms with Crippen molar-refractivity contribution in [1.29, 1.82) is 0 Å². The fourth-order valence-corrected chi connectivity index (χ4v) is 3.08. The zero-order valence-corrected chi connectivity index (χ0v) is 13.2. The van der Waals surface area contributed by atoms with E-state index in [9.17, 15) is 0 Å². The van der Waals surface area contributed by atoms with Crippen LogP contribution >= 0.6 is 22.9 Å². The molecule has 2 N–H and O–H groups in total. The summed E-state index contributed by atoms with van der Waals surface area (Å²) in [7, 11) is 0. The third-order valence-corrected chi connectivity index (χ3v) is 4.50. The van der Waals surface area contributed by atoms with Crippen molar-refractivity contribution in [2.24, 2.45) is 5.73 Å². The molecule has 0 aliphatic carbocycles. The molecule has 0 aliphatic heterocycles. The number of thiazole rings is 1. The second-order valence-corrected chi connectivity index (χ2v) is 6.13. The van der Waals surface area contributed by atoms with E-state index in [4.69, 9.17) is 22.1 Å². The normalized spacial score (nSPS) is 14.2. The third kappa shape index (κ3) is 3.79. The molecule has 0 saturated heterocycles. The number of aryl methyl sites for hydroxylation is 1. The Morgan fingerprint density at radius 1 is 1.40 bits per heavy atom. The first-order valence-corrected chi connectivity index (χ1v) is 7.86. The Morgan fingerprint density at radius 2 is 2.15 bits per heavy atom. The lowest BCUT2D eigenvalue weighted by molar-refractivity contribution is 0.0406. The second kappa shape index (κ2) is 7.18. The average molecular weight is 311 g/mol. The molecule has 0 saturated carbocycles. The Bertz CT molecular complexity index is 556. The van der Waals surface area contributed by atoms with Crippen LogP contribution in [0.1, 0.15) is 29.2 Å². The van der Waals surface area contributed by atoms with E-state index >= 15 is 0 Å². The highest BCUT2D eigenvalue weighted by atomic mass is 35.5. The van der Waals surface area contributed by atoms with E-state index in [-0.39, 0.29) is 12.1 Å². The number of halogens is 1. The van der Waals surface area contributed by atoms with Gasteiger partial charge in [0.1, 0.15) is 0 Å². The molecule has 0 radical (unpaired) electrons.